The van der Waals surface area contributed by atoms with Gasteiger partial charge in [0, 0.05) is 44.7 Å². The Morgan fingerprint density at radius 3 is 2.61 bits per heavy atom. The van der Waals surface area contributed by atoms with Crippen molar-refractivity contribution in [3.8, 4) is 0 Å². The highest BCUT2D eigenvalue weighted by atomic mass is 35.5. The molecule has 2 N–H and O–H groups in total. The van der Waals surface area contributed by atoms with Crippen LogP contribution in [0.4, 0.5) is 14.6 Å². The quantitative estimate of drug-likeness (QED) is 0.773. The minimum atomic E-state index is -4.19. The first-order chi connectivity index (χ1) is 12.9. The number of rotatable bonds is 5. The summed E-state index contributed by atoms with van der Waals surface area (Å²) in [5, 5.41) is 5.71. The van der Waals surface area contributed by atoms with Crippen LogP contribution in [-0.4, -0.2) is 58.9 Å². The summed E-state index contributed by atoms with van der Waals surface area (Å²) >= 11 is 6.19. The Hall–Kier alpha value is -1.56. The van der Waals surface area contributed by atoms with E-state index in [-0.39, 0.29) is 5.41 Å². The topological polar surface area (TPSA) is 97.3 Å². The van der Waals surface area contributed by atoms with E-state index in [1.807, 2.05) is 11.6 Å². The smallest absolute Gasteiger partial charge is 0.277 e. The number of alkyl halides is 2. The average Bonchev–Trinajstić information content (AvgIpc) is 2.77. The normalized spacial score (nSPS) is 20.0. The van der Waals surface area contributed by atoms with E-state index in [0.717, 1.165) is 15.6 Å². The van der Waals surface area contributed by atoms with Gasteiger partial charge in [-0.05, 0) is 12.8 Å². The minimum absolute atomic E-state index is 0.108. The first kappa shape index (κ1) is 19.7. The van der Waals surface area contributed by atoms with E-state index in [0.29, 0.717) is 43.4 Å². The summed E-state index contributed by atoms with van der Waals surface area (Å²) in [6.07, 6.45) is 4.23. The van der Waals surface area contributed by atoms with Crippen LogP contribution >= 0.6 is 11.6 Å². The van der Waals surface area contributed by atoms with Gasteiger partial charge in [0.05, 0.1) is 11.6 Å². The lowest BCUT2D eigenvalue weighted by atomic mass is 9.60. The number of hydrogen-bond acceptors (Lipinski definition) is 5. The third-order valence-corrected chi connectivity index (χ3v) is 6.90. The second-order valence-electron chi connectivity index (χ2n) is 8.06. The van der Waals surface area contributed by atoms with Gasteiger partial charge in [-0.15, -0.1) is 0 Å². The summed E-state index contributed by atoms with van der Waals surface area (Å²) in [6, 6.07) is -0.502. The largest absolute Gasteiger partial charge is 0.354 e. The van der Waals surface area contributed by atoms with E-state index in [1.54, 1.807) is 6.20 Å². The van der Waals surface area contributed by atoms with Crippen molar-refractivity contribution in [2.24, 2.45) is 17.6 Å². The van der Waals surface area contributed by atoms with Crippen molar-refractivity contribution in [3.63, 3.8) is 0 Å². The van der Waals surface area contributed by atoms with Gasteiger partial charge in [-0.25, -0.2) is 23.9 Å². The van der Waals surface area contributed by atoms with Gasteiger partial charge in [0.1, 0.15) is 17.4 Å². The maximum absolute atomic E-state index is 13.4. The number of nitrogens with zero attached hydrogens (tertiary/aromatic N) is 5. The molecule has 0 atom stereocenters. The Kier molecular flexibility index (Phi) is 4.38. The third kappa shape index (κ3) is 3.34. The fourth-order valence-corrected chi connectivity index (χ4v) is 5.67. The van der Waals surface area contributed by atoms with Crippen LogP contribution < -0.4 is 10.0 Å². The van der Waals surface area contributed by atoms with Crippen LogP contribution in [0.2, 0.25) is 5.02 Å². The molecule has 2 aromatic rings. The van der Waals surface area contributed by atoms with Crippen molar-refractivity contribution < 1.29 is 17.2 Å². The van der Waals surface area contributed by atoms with Gasteiger partial charge in [0.2, 0.25) is 0 Å². The molecule has 4 rings (SSSR count). The zero-order valence-electron chi connectivity index (χ0n) is 15.4. The van der Waals surface area contributed by atoms with Gasteiger partial charge in [0.15, 0.2) is 5.82 Å². The predicted octanol–water partition coefficient (Wildman–Crippen LogP) is 1.75. The molecule has 2 fully saturated rings. The maximum Gasteiger partial charge on any atom is 0.277 e. The maximum atomic E-state index is 13.4. The van der Waals surface area contributed by atoms with Gasteiger partial charge >= 0.3 is 0 Å². The fraction of sp³-hybridized carbons (Fsp3) is 0.625. The minimum Gasteiger partial charge on any atom is -0.354 e. The summed E-state index contributed by atoms with van der Waals surface area (Å²) in [6.45, 7) is 1.12. The monoisotopic (exact) mass is 434 g/mol. The van der Waals surface area contributed by atoms with Gasteiger partial charge in [-0.1, -0.05) is 11.6 Å². The summed E-state index contributed by atoms with van der Waals surface area (Å²) in [5.41, 5.74) is 1.39. The molecule has 0 bridgehead atoms. The molecule has 1 saturated carbocycles. The number of aromatic nitrogens is 3. The van der Waals surface area contributed by atoms with Crippen LogP contribution in [0, 0.1) is 5.41 Å². The zero-order valence-corrected chi connectivity index (χ0v) is 17.0. The average molecular weight is 435 g/mol. The van der Waals surface area contributed by atoms with Crippen molar-refractivity contribution in [3.05, 3.63) is 17.5 Å². The summed E-state index contributed by atoms with van der Waals surface area (Å²) < 4.78 is 52.9. The van der Waals surface area contributed by atoms with Gasteiger partial charge in [0.25, 0.3) is 16.1 Å². The van der Waals surface area contributed by atoms with Crippen LogP contribution in [0.1, 0.15) is 19.8 Å². The molecule has 0 aromatic carbocycles. The summed E-state index contributed by atoms with van der Waals surface area (Å²) in [7, 11) is -2.32. The Labute approximate surface area is 166 Å². The molecular formula is C16H21ClF2N6O2S. The highest BCUT2D eigenvalue weighted by Crippen LogP contribution is 2.52. The molecule has 2 aliphatic rings. The van der Waals surface area contributed by atoms with Crippen molar-refractivity contribution in [1.82, 2.24) is 18.8 Å². The van der Waals surface area contributed by atoms with E-state index in [9.17, 15) is 17.2 Å². The second-order valence-corrected chi connectivity index (χ2v) is 9.97. The molecule has 2 aromatic heterocycles. The number of halogens is 3. The predicted molar refractivity (Wildman–Crippen MR) is 102 cm³/mol. The fourth-order valence-electron chi connectivity index (χ4n) is 4.41. The SMILES string of the molecule is Cn1cc(Cl)c2ncnc(N3CC4(CC(N(CC(C)(F)F)S(N)(=O)=O)C4)C3)c21. The molecule has 1 saturated heterocycles. The number of nitrogens with two attached hydrogens (primary N) is 1. The first-order valence-electron chi connectivity index (χ1n) is 8.76. The molecule has 1 aliphatic heterocycles. The van der Waals surface area contributed by atoms with Crippen LogP contribution in [-0.2, 0) is 17.3 Å². The van der Waals surface area contributed by atoms with Crippen LogP contribution in [0.15, 0.2) is 12.5 Å². The highest BCUT2D eigenvalue weighted by molar-refractivity contribution is 7.86. The van der Waals surface area contributed by atoms with Crippen molar-refractivity contribution in [2.75, 3.05) is 24.5 Å². The first-order valence-corrected chi connectivity index (χ1v) is 10.6. The van der Waals surface area contributed by atoms with Gasteiger partial charge in [-0.3, -0.25) is 0 Å². The van der Waals surface area contributed by atoms with Crippen LogP contribution in [0.5, 0.6) is 0 Å². The van der Waals surface area contributed by atoms with Crippen molar-refractivity contribution in [2.45, 2.75) is 31.7 Å². The Bertz CT molecular complexity index is 1020. The van der Waals surface area contributed by atoms with Crippen molar-refractivity contribution >= 4 is 38.7 Å². The van der Waals surface area contributed by atoms with Crippen LogP contribution in [0.25, 0.3) is 11.0 Å². The molecule has 8 nitrogen and oxygen atoms in total. The summed E-state index contributed by atoms with van der Waals surface area (Å²) in [5.74, 6) is -2.38. The lowest BCUT2D eigenvalue weighted by Crippen LogP contribution is -2.68. The third-order valence-electron chi connectivity index (χ3n) is 5.55. The molecule has 0 amide bonds. The summed E-state index contributed by atoms with van der Waals surface area (Å²) in [4.78, 5) is 10.7. The second kappa shape index (κ2) is 6.22. The highest BCUT2D eigenvalue weighted by Gasteiger charge is 2.56. The van der Waals surface area contributed by atoms with E-state index in [4.69, 9.17) is 16.7 Å². The molecule has 3 heterocycles. The molecule has 1 spiro atoms. The molecule has 154 valence electrons. The van der Waals surface area contributed by atoms with E-state index in [1.165, 1.54) is 6.33 Å². The molecule has 28 heavy (non-hydrogen) atoms. The Morgan fingerprint density at radius 1 is 1.39 bits per heavy atom. The standard InChI is InChI=1S/C16H21ClF2N6O2S/c1-15(18,19)6-25(28(20,26)27)10-3-16(4-10)7-24(8-16)14-13-12(21-9-22-14)11(17)5-23(13)2/h5,9-10H,3-4,6-8H2,1-2H3,(H2,20,26,27). The Morgan fingerprint density at radius 2 is 2.04 bits per heavy atom. The molecular weight excluding hydrogens is 414 g/mol. The molecule has 12 heteroatoms. The molecule has 0 radical (unpaired) electrons. The number of anilines is 1. The molecule has 0 unspecified atom stereocenters. The number of hydrogen-bond donors (Lipinski definition) is 1. The van der Waals surface area contributed by atoms with Gasteiger partial charge in [-0.2, -0.15) is 12.7 Å². The van der Waals surface area contributed by atoms with Crippen molar-refractivity contribution in [1.29, 1.82) is 0 Å². The zero-order chi connectivity index (χ0) is 20.5. The number of fused-ring (bicyclic) bond motifs is 1. The number of aryl methyl sites for hydroxylation is 1. The van der Waals surface area contributed by atoms with E-state index in [2.05, 4.69) is 14.9 Å². The lowest BCUT2D eigenvalue weighted by Gasteiger charge is -2.60. The van der Waals surface area contributed by atoms with E-state index < -0.39 is 28.7 Å². The molecule has 1 aliphatic carbocycles. The van der Waals surface area contributed by atoms with Crippen LogP contribution in [0.3, 0.4) is 0 Å². The Balaban J connectivity index is 1.47. The van der Waals surface area contributed by atoms with Gasteiger partial charge < -0.3 is 9.47 Å². The lowest BCUT2D eigenvalue weighted by molar-refractivity contribution is -0.0416. The van der Waals surface area contributed by atoms with E-state index >= 15 is 0 Å².